The summed E-state index contributed by atoms with van der Waals surface area (Å²) in [4.78, 5) is 0. The van der Waals surface area contributed by atoms with E-state index in [9.17, 15) is 0 Å². The fraction of sp³-hybridized carbons (Fsp3) is 0.647. The lowest BCUT2D eigenvalue weighted by Gasteiger charge is -2.22. The minimum Gasteiger partial charge on any atom is -0.317 e. The molecule has 2 rings (SSSR count). The lowest BCUT2D eigenvalue weighted by molar-refractivity contribution is 0.349. The predicted molar refractivity (Wildman–Crippen MR) is 82.6 cm³/mol. The van der Waals surface area contributed by atoms with E-state index in [-0.39, 0.29) is 0 Å². The SMILES string of the molecule is CCc1ccc(CCNCCC2CCNCC2)cc1. The lowest BCUT2D eigenvalue weighted by Crippen LogP contribution is -2.30. The van der Waals surface area contributed by atoms with Crippen molar-refractivity contribution in [3.8, 4) is 0 Å². The summed E-state index contributed by atoms with van der Waals surface area (Å²) < 4.78 is 0. The third-order valence-electron chi connectivity index (χ3n) is 4.21. The highest BCUT2D eigenvalue weighted by molar-refractivity contribution is 5.22. The van der Waals surface area contributed by atoms with E-state index in [1.807, 2.05) is 0 Å². The Morgan fingerprint density at radius 3 is 2.42 bits per heavy atom. The Morgan fingerprint density at radius 2 is 1.74 bits per heavy atom. The number of hydrogen-bond acceptors (Lipinski definition) is 2. The van der Waals surface area contributed by atoms with Crippen LogP contribution in [0.1, 0.15) is 37.3 Å². The minimum absolute atomic E-state index is 0.942. The molecule has 19 heavy (non-hydrogen) atoms. The summed E-state index contributed by atoms with van der Waals surface area (Å²) in [6.45, 7) is 6.92. The highest BCUT2D eigenvalue weighted by Gasteiger charge is 2.11. The second-order valence-corrected chi connectivity index (χ2v) is 5.65. The summed E-state index contributed by atoms with van der Waals surface area (Å²) >= 11 is 0. The standard InChI is InChI=1S/C17H28N2/c1-2-15-3-5-16(6-4-15)7-11-18-12-8-17-9-13-19-14-10-17/h3-6,17-19H,2,7-14H2,1H3. The maximum atomic E-state index is 3.59. The van der Waals surface area contributed by atoms with Crippen LogP contribution in [0.4, 0.5) is 0 Å². The lowest BCUT2D eigenvalue weighted by atomic mass is 9.95. The summed E-state index contributed by atoms with van der Waals surface area (Å²) in [7, 11) is 0. The van der Waals surface area contributed by atoms with Crippen molar-refractivity contribution in [2.45, 2.75) is 39.0 Å². The number of hydrogen-bond donors (Lipinski definition) is 2. The molecule has 0 atom stereocenters. The zero-order chi connectivity index (χ0) is 13.3. The Hall–Kier alpha value is -0.860. The fourth-order valence-corrected chi connectivity index (χ4v) is 2.78. The second kappa shape index (κ2) is 8.34. The predicted octanol–water partition coefficient (Wildman–Crippen LogP) is 2.77. The van der Waals surface area contributed by atoms with Crippen molar-refractivity contribution < 1.29 is 0 Å². The molecule has 0 spiro atoms. The largest absolute Gasteiger partial charge is 0.317 e. The van der Waals surface area contributed by atoms with Crippen molar-refractivity contribution in [3.05, 3.63) is 35.4 Å². The Labute approximate surface area is 118 Å². The van der Waals surface area contributed by atoms with Gasteiger partial charge in [-0.1, -0.05) is 31.2 Å². The Balaban J connectivity index is 1.55. The van der Waals surface area contributed by atoms with Gasteiger partial charge in [0.05, 0.1) is 0 Å². The molecule has 1 aromatic rings. The molecule has 2 heteroatoms. The summed E-state index contributed by atoms with van der Waals surface area (Å²) in [6.07, 6.45) is 6.35. The summed E-state index contributed by atoms with van der Waals surface area (Å²) in [5.41, 5.74) is 2.88. The van der Waals surface area contributed by atoms with Crippen molar-refractivity contribution in [2.24, 2.45) is 5.92 Å². The molecular formula is C17H28N2. The highest BCUT2D eigenvalue weighted by atomic mass is 14.9. The quantitative estimate of drug-likeness (QED) is 0.737. The van der Waals surface area contributed by atoms with Crippen LogP contribution in [0.5, 0.6) is 0 Å². The summed E-state index contributed by atoms with van der Waals surface area (Å²) in [5.74, 6) is 0.942. The van der Waals surface area contributed by atoms with Crippen LogP contribution >= 0.6 is 0 Å². The van der Waals surface area contributed by atoms with Gasteiger partial charge in [0, 0.05) is 0 Å². The third kappa shape index (κ3) is 5.33. The van der Waals surface area contributed by atoms with E-state index in [1.165, 1.54) is 50.0 Å². The minimum atomic E-state index is 0.942. The van der Waals surface area contributed by atoms with Gasteiger partial charge in [0.1, 0.15) is 0 Å². The van der Waals surface area contributed by atoms with Crippen molar-refractivity contribution in [2.75, 3.05) is 26.2 Å². The normalized spacial score (nSPS) is 16.7. The average Bonchev–Trinajstić information content (AvgIpc) is 2.49. The zero-order valence-corrected chi connectivity index (χ0v) is 12.3. The van der Waals surface area contributed by atoms with Gasteiger partial charge in [0.2, 0.25) is 0 Å². The molecule has 0 amide bonds. The van der Waals surface area contributed by atoms with Gasteiger partial charge in [0.25, 0.3) is 0 Å². The second-order valence-electron chi connectivity index (χ2n) is 5.65. The highest BCUT2D eigenvalue weighted by Crippen LogP contribution is 2.14. The topological polar surface area (TPSA) is 24.1 Å². The number of nitrogens with one attached hydrogen (secondary N) is 2. The van der Waals surface area contributed by atoms with Gasteiger partial charge in [-0.15, -0.1) is 0 Å². The van der Waals surface area contributed by atoms with E-state index >= 15 is 0 Å². The molecule has 1 saturated heterocycles. The molecule has 1 fully saturated rings. The Bertz CT molecular complexity index is 339. The van der Waals surface area contributed by atoms with E-state index in [1.54, 1.807) is 0 Å². The van der Waals surface area contributed by atoms with Gasteiger partial charge in [-0.3, -0.25) is 0 Å². The molecule has 1 aliphatic rings. The van der Waals surface area contributed by atoms with Crippen LogP contribution in [-0.4, -0.2) is 26.2 Å². The molecule has 1 aliphatic heterocycles. The molecule has 0 bridgehead atoms. The smallest absolute Gasteiger partial charge is 0.000835 e. The van der Waals surface area contributed by atoms with Crippen molar-refractivity contribution >= 4 is 0 Å². The van der Waals surface area contributed by atoms with E-state index in [2.05, 4.69) is 41.8 Å². The molecule has 0 aromatic heterocycles. The van der Waals surface area contributed by atoms with Crippen LogP contribution < -0.4 is 10.6 Å². The summed E-state index contributed by atoms with van der Waals surface area (Å²) in [5, 5.41) is 7.02. The van der Waals surface area contributed by atoms with Crippen LogP contribution in [0.15, 0.2) is 24.3 Å². The fourth-order valence-electron chi connectivity index (χ4n) is 2.78. The first-order valence-corrected chi connectivity index (χ1v) is 7.87. The number of benzene rings is 1. The van der Waals surface area contributed by atoms with Gasteiger partial charge in [-0.25, -0.2) is 0 Å². The van der Waals surface area contributed by atoms with E-state index in [0.29, 0.717) is 0 Å². The maximum absolute atomic E-state index is 3.59. The van der Waals surface area contributed by atoms with E-state index < -0.39 is 0 Å². The molecule has 0 radical (unpaired) electrons. The van der Waals surface area contributed by atoms with Gasteiger partial charge >= 0.3 is 0 Å². The van der Waals surface area contributed by atoms with Crippen LogP contribution in [-0.2, 0) is 12.8 Å². The third-order valence-corrected chi connectivity index (χ3v) is 4.21. The van der Waals surface area contributed by atoms with Crippen molar-refractivity contribution in [1.82, 2.24) is 10.6 Å². The van der Waals surface area contributed by atoms with Crippen LogP contribution in [0.3, 0.4) is 0 Å². The molecule has 106 valence electrons. The zero-order valence-electron chi connectivity index (χ0n) is 12.3. The number of rotatable bonds is 7. The Morgan fingerprint density at radius 1 is 1.05 bits per heavy atom. The first-order chi connectivity index (χ1) is 9.38. The monoisotopic (exact) mass is 260 g/mol. The molecule has 0 saturated carbocycles. The van der Waals surface area contributed by atoms with Gasteiger partial charge in [0.15, 0.2) is 0 Å². The number of aryl methyl sites for hydroxylation is 1. The van der Waals surface area contributed by atoms with Gasteiger partial charge in [-0.2, -0.15) is 0 Å². The maximum Gasteiger partial charge on any atom is -0.000835 e. The summed E-state index contributed by atoms with van der Waals surface area (Å²) in [6, 6.07) is 9.05. The van der Waals surface area contributed by atoms with E-state index in [0.717, 1.165) is 25.3 Å². The van der Waals surface area contributed by atoms with Gasteiger partial charge in [-0.05, 0) is 75.3 Å². The molecule has 2 N–H and O–H groups in total. The van der Waals surface area contributed by atoms with Crippen molar-refractivity contribution in [3.63, 3.8) is 0 Å². The number of piperidine rings is 1. The Kier molecular flexibility index (Phi) is 6.38. The molecule has 0 unspecified atom stereocenters. The van der Waals surface area contributed by atoms with Gasteiger partial charge < -0.3 is 10.6 Å². The molecular weight excluding hydrogens is 232 g/mol. The van der Waals surface area contributed by atoms with Crippen molar-refractivity contribution in [1.29, 1.82) is 0 Å². The molecule has 1 aromatic carbocycles. The molecule has 2 nitrogen and oxygen atoms in total. The van der Waals surface area contributed by atoms with Crippen LogP contribution in [0.25, 0.3) is 0 Å². The van der Waals surface area contributed by atoms with Crippen LogP contribution in [0.2, 0.25) is 0 Å². The molecule has 0 aliphatic carbocycles. The van der Waals surface area contributed by atoms with Crippen LogP contribution in [0, 0.1) is 5.92 Å². The molecule has 1 heterocycles. The average molecular weight is 260 g/mol. The van der Waals surface area contributed by atoms with E-state index in [4.69, 9.17) is 0 Å². The first-order valence-electron chi connectivity index (χ1n) is 7.87. The first kappa shape index (κ1) is 14.5.